The minimum absolute atomic E-state index is 0.270. The highest BCUT2D eigenvalue weighted by Crippen LogP contribution is 2.30. The van der Waals surface area contributed by atoms with Gasteiger partial charge in [-0.3, -0.25) is 0 Å². The summed E-state index contributed by atoms with van der Waals surface area (Å²) < 4.78 is 6.46. The number of nitriles is 1. The van der Waals surface area contributed by atoms with Gasteiger partial charge < -0.3 is 15.0 Å². The van der Waals surface area contributed by atoms with Crippen molar-refractivity contribution in [2.45, 2.75) is 19.1 Å². The SMILES string of the molecule is CNC(C)c1ccc(Br)cc1N1CCOC(C#N)C1. The van der Waals surface area contributed by atoms with Crippen molar-refractivity contribution in [2.24, 2.45) is 0 Å². The van der Waals surface area contributed by atoms with Crippen molar-refractivity contribution in [2.75, 3.05) is 31.6 Å². The number of anilines is 1. The van der Waals surface area contributed by atoms with Gasteiger partial charge in [-0.15, -0.1) is 0 Å². The van der Waals surface area contributed by atoms with Gasteiger partial charge in [-0.2, -0.15) is 5.26 Å². The van der Waals surface area contributed by atoms with Gasteiger partial charge in [0.2, 0.25) is 0 Å². The molecule has 1 aliphatic rings. The maximum Gasteiger partial charge on any atom is 0.161 e. The zero-order valence-electron chi connectivity index (χ0n) is 11.2. The number of nitrogens with zero attached hydrogens (tertiary/aromatic N) is 2. The molecule has 1 heterocycles. The van der Waals surface area contributed by atoms with E-state index in [-0.39, 0.29) is 12.1 Å². The molecule has 0 radical (unpaired) electrons. The van der Waals surface area contributed by atoms with Crippen LogP contribution in [0.5, 0.6) is 0 Å². The summed E-state index contributed by atoms with van der Waals surface area (Å²) in [5.74, 6) is 0. The van der Waals surface area contributed by atoms with Crippen molar-refractivity contribution < 1.29 is 4.74 Å². The Morgan fingerprint density at radius 3 is 3.05 bits per heavy atom. The molecule has 19 heavy (non-hydrogen) atoms. The third-order valence-corrected chi connectivity index (χ3v) is 3.94. The Morgan fingerprint density at radius 1 is 1.58 bits per heavy atom. The van der Waals surface area contributed by atoms with Crippen LogP contribution in [0.4, 0.5) is 5.69 Å². The molecule has 0 spiro atoms. The molecule has 102 valence electrons. The third kappa shape index (κ3) is 3.27. The minimum atomic E-state index is -0.342. The lowest BCUT2D eigenvalue weighted by Crippen LogP contribution is -2.42. The molecule has 4 nitrogen and oxygen atoms in total. The highest BCUT2D eigenvalue weighted by atomic mass is 79.9. The lowest BCUT2D eigenvalue weighted by atomic mass is 10.0. The maximum absolute atomic E-state index is 9.01. The van der Waals surface area contributed by atoms with E-state index in [2.05, 4.69) is 57.3 Å². The van der Waals surface area contributed by atoms with Crippen LogP contribution in [-0.2, 0) is 4.74 Å². The van der Waals surface area contributed by atoms with Gasteiger partial charge in [-0.25, -0.2) is 0 Å². The number of morpholine rings is 1. The Morgan fingerprint density at radius 2 is 2.37 bits per heavy atom. The molecule has 1 aromatic rings. The van der Waals surface area contributed by atoms with E-state index >= 15 is 0 Å². The summed E-state index contributed by atoms with van der Waals surface area (Å²) in [4.78, 5) is 2.23. The van der Waals surface area contributed by atoms with Gasteiger partial charge in [-0.05, 0) is 31.7 Å². The smallest absolute Gasteiger partial charge is 0.161 e. The van der Waals surface area contributed by atoms with E-state index in [0.29, 0.717) is 13.2 Å². The molecule has 1 fully saturated rings. The second-order valence-electron chi connectivity index (χ2n) is 4.65. The van der Waals surface area contributed by atoms with Gasteiger partial charge in [0.1, 0.15) is 0 Å². The zero-order valence-corrected chi connectivity index (χ0v) is 12.8. The molecule has 1 aromatic carbocycles. The monoisotopic (exact) mass is 323 g/mol. The van der Waals surface area contributed by atoms with E-state index in [1.54, 1.807) is 0 Å². The topological polar surface area (TPSA) is 48.3 Å². The molecular formula is C14H18BrN3O. The quantitative estimate of drug-likeness (QED) is 0.928. The first-order valence-electron chi connectivity index (χ1n) is 6.38. The van der Waals surface area contributed by atoms with Crippen LogP contribution < -0.4 is 10.2 Å². The minimum Gasteiger partial charge on any atom is -0.365 e. The van der Waals surface area contributed by atoms with E-state index < -0.39 is 0 Å². The van der Waals surface area contributed by atoms with Crippen LogP contribution in [0.3, 0.4) is 0 Å². The fourth-order valence-corrected chi connectivity index (χ4v) is 2.61. The number of hydrogen-bond donors (Lipinski definition) is 1. The molecule has 1 N–H and O–H groups in total. The number of halogens is 1. The largest absolute Gasteiger partial charge is 0.365 e. The molecule has 5 heteroatoms. The molecular weight excluding hydrogens is 306 g/mol. The first kappa shape index (κ1) is 14.3. The standard InChI is InChI=1S/C14H18BrN3O/c1-10(17-2)13-4-3-11(15)7-14(13)18-5-6-19-12(8-16)9-18/h3-4,7,10,12,17H,5-6,9H2,1-2H3. The van der Waals surface area contributed by atoms with Crippen LogP contribution in [0.2, 0.25) is 0 Å². The Labute approximate surface area is 122 Å². The zero-order chi connectivity index (χ0) is 13.8. The molecule has 0 saturated carbocycles. The number of nitrogens with one attached hydrogen (secondary N) is 1. The van der Waals surface area contributed by atoms with Gasteiger partial charge in [0.25, 0.3) is 0 Å². The van der Waals surface area contributed by atoms with Gasteiger partial charge in [-0.1, -0.05) is 22.0 Å². The summed E-state index contributed by atoms with van der Waals surface area (Å²) in [6, 6.07) is 8.75. The van der Waals surface area contributed by atoms with E-state index in [1.807, 2.05) is 7.05 Å². The average molecular weight is 324 g/mol. The van der Waals surface area contributed by atoms with Crippen LogP contribution in [0.15, 0.2) is 22.7 Å². The first-order chi connectivity index (χ1) is 9.15. The Balaban J connectivity index is 2.32. The van der Waals surface area contributed by atoms with Crippen molar-refractivity contribution in [3.63, 3.8) is 0 Å². The Kier molecular flexibility index (Phi) is 4.81. The van der Waals surface area contributed by atoms with E-state index in [1.165, 1.54) is 11.3 Å². The Hall–Kier alpha value is -1.09. The second-order valence-corrected chi connectivity index (χ2v) is 5.56. The van der Waals surface area contributed by atoms with Crippen molar-refractivity contribution >= 4 is 21.6 Å². The van der Waals surface area contributed by atoms with Gasteiger partial charge in [0.15, 0.2) is 6.10 Å². The van der Waals surface area contributed by atoms with Gasteiger partial charge in [0, 0.05) is 22.7 Å². The van der Waals surface area contributed by atoms with Crippen LogP contribution in [0, 0.1) is 11.3 Å². The maximum atomic E-state index is 9.01. The number of benzene rings is 1. The molecule has 0 amide bonds. The lowest BCUT2D eigenvalue weighted by molar-refractivity contribution is 0.0763. The molecule has 2 unspecified atom stereocenters. The van der Waals surface area contributed by atoms with Gasteiger partial charge in [0.05, 0.1) is 19.2 Å². The van der Waals surface area contributed by atoms with Crippen molar-refractivity contribution in [1.29, 1.82) is 5.26 Å². The summed E-state index contributed by atoms with van der Waals surface area (Å²) in [6.07, 6.45) is -0.342. The fraction of sp³-hybridized carbons (Fsp3) is 0.500. The predicted octanol–water partition coefficient (Wildman–Crippen LogP) is 2.46. The average Bonchev–Trinajstić information content (AvgIpc) is 2.46. The highest BCUT2D eigenvalue weighted by molar-refractivity contribution is 9.10. The van der Waals surface area contributed by atoms with Crippen LogP contribution in [0.1, 0.15) is 18.5 Å². The fourth-order valence-electron chi connectivity index (χ4n) is 2.26. The number of rotatable bonds is 3. The third-order valence-electron chi connectivity index (χ3n) is 3.44. The molecule has 0 aromatic heterocycles. The summed E-state index contributed by atoms with van der Waals surface area (Å²) in [6.45, 7) is 4.17. The summed E-state index contributed by atoms with van der Waals surface area (Å²) in [7, 11) is 1.95. The first-order valence-corrected chi connectivity index (χ1v) is 7.18. The summed E-state index contributed by atoms with van der Waals surface area (Å²) in [5.41, 5.74) is 2.41. The molecule has 2 rings (SSSR count). The van der Waals surface area contributed by atoms with Crippen LogP contribution >= 0.6 is 15.9 Å². The second kappa shape index (κ2) is 6.38. The highest BCUT2D eigenvalue weighted by Gasteiger charge is 2.23. The predicted molar refractivity (Wildman–Crippen MR) is 79.2 cm³/mol. The van der Waals surface area contributed by atoms with E-state index in [9.17, 15) is 0 Å². The van der Waals surface area contributed by atoms with Crippen molar-refractivity contribution in [3.05, 3.63) is 28.2 Å². The van der Waals surface area contributed by atoms with Crippen molar-refractivity contribution in [1.82, 2.24) is 5.32 Å². The molecule has 1 aliphatic heterocycles. The van der Waals surface area contributed by atoms with E-state index in [4.69, 9.17) is 10.00 Å². The normalized spacial score (nSPS) is 20.9. The molecule has 0 aliphatic carbocycles. The summed E-state index contributed by atoms with van der Waals surface area (Å²) >= 11 is 3.52. The van der Waals surface area contributed by atoms with Crippen LogP contribution in [-0.4, -0.2) is 32.8 Å². The van der Waals surface area contributed by atoms with E-state index in [0.717, 1.165) is 11.0 Å². The lowest BCUT2D eigenvalue weighted by Gasteiger charge is -2.34. The molecule has 0 bridgehead atoms. The number of ether oxygens (including phenoxy) is 1. The Bertz CT molecular complexity index is 486. The summed E-state index contributed by atoms with van der Waals surface area (Å²) in [5, 5.41) is 12.3. The molecule has 2 atom stereocenters. The number of hydrogen-bond acceptors (Lipinski definition) is 4. The molecule has 1 saturated heterocycles. The van der Waals surface area contributed by atoms with Gasteiger partial charge >= 0.3 is 0 Å². The van der Waals surface area contributed by atoms with Crippen LogP contribution in [0.25, 0.3) is 0 Å². The van der Waals surface area contributed by atoms with Crippen molar-refractivity contribution in [3.8, 4) is 6.07 Å².